The number of amides is 1. The van der Waals surface area contributed by atoms with Gasteiger partial charge >= 0.3 is 0 Å². The second-order valence-corrected chi connectivity index (χ2v) is 5.95. The minimum Gasteiger partial charge on any atom is -0.334 e. The molecule has 3 heterocycles. The molecule has 0 saturated carbocycles. The molecule has 2 aromatic heterocycles. The average Bonchev–Trinajstić information content (AvgIpc) is 3.08. The summed E-state index contributed by atoms with van der Waals surface area (Å²) in [7, 11) is 0. The lowest BCUT2D eigenvalue weighted by Crippen LogP contribution is -2.28. The highest BCUT2D eigenvalue weighted by atomic mass is 32.1. The minimum absolute atomic E-state index is 0.0565. The Morgan fingerprint density at radius 2 is 2.33 bits per heavy atom. The summed E-state index contributed by atoms with van der Waals surface area (Å²) in [4.78, 5) is 26.7. The van der Waals surface area contributed by atoms with Crippen molar-refractivity contribution in [1.82, 2.24) is 19.9 Å². The van der Waals surface area contributed by atoms with E-state index >= 15 is 0 Å². The second-order valence-electron chi connectivity index (χ2n) is 5.06. The molecule has 1 aliphatic heterocycles. The summed E-state index contributed by atoms with van der Waals surface area (Å²) < 4.78 is 0. The van der Waals surface area contributed by atoms with E-state index in [2.05, 4.69) is 20.3 Å². The van der Waals surface area contributed by atoms with Crippen LogP contribution in [0.1, 0.15) is 37.3 Å². The first-order chi connectivity index (χ1) is 10.1. The molecule has 1 saturated heterocycles. The number of aryl methyl sites for hydroxylation is 1. The highest BCUT2D eigenvalue weighted by Crippen LogP contribution is 2.32. The van der Waals surface area contributed by atoms with Crippen LogP contribution in [-0.4, -0.2) is 32.3 Å². The molecule has 1 N–H and O–H groups in total. The van der Waals surface area contributed by atoms with Gasteiger partial charge in [0.05, 0.1) is 11.7 Å². The standard InChI is InChI=1S/C14H17N5OS/c1-9-16-11(12-4-3-6-19(12)10(2)20)8-13(17-9)18-14-15-5-7-21-14/h5,7-8,12H,3-4,6H2,1-2H3,(H,15,16,17,18)/t12-/m0/s1. The number of nitrogens with zero attached hydrogens (tertiary/aromatic N) is 4. The molecule has 0 unspecified atom stereocenters. The highest BCUT2D eigenvalue weighted by Gasteiger charge is 2.29. The number of carbonyl (C=O) groups is 1. The third-order valence-corrected chi connectivity index (χ3v) is 4.21. The van der Waals surface area contributed by atoms with Crippen LogP contribution in [0.15, 0.2) is 17.6 Å². The Kier molecular flexibility index (Phi) is 3.83. The van der Waals surface area contributed by atoms with Gasteiger partial charge in [-0.25, -0.2) is 15.0 Å². The normalized spacial score (nSPS) is 18.0. The van der Waals surface area contributed by atoms with E-state index in [1.165, 1.54) is 11.3 Å². The van der Waals surface area contributed by atoms with E-state index in [-0.39, 0.29) is 11.9 Å². The van der Waals surface area contributed by atoms with Crippen molar-refractivity contribution in [2.75, 3.05) is 11.9 Å². The van der Waals surface area contributed by atoms with Crippen molar-refractivity contribution < 1.29 is 4.79 Å². The van der Waals surface area contributed by atoms with Gasteiger partial charge in [-0.05, 0) is 19.8 Å². The summed E-state index contributed by atoms with van der Waals surface area (Å²) in [6.07, 6.45) is 3.71. The quantitative estimate of drug-likeness (QED) is 0.944. The maximum atomic E-state index is 11.7. The summed E-state index contributed by atoms with van der Waals surface area (Å²) in [6, 6.07) is 1.97. The zero-order valence-electron chi connectivity index (χ0n) is 12.0. The van der Waals surface area contributed by atoms with Crippen LogP contribution in [0.4, 0.5) is 10.9 Å². The number of likely N-dealkylation sites (tertiary alicyclic amines) is 1. The van der Waals surface area contributed by atoms with E-state index in [0.29, 0.717) is 5.82 Å². The number of anilines is 2. The van der Waals surface area contributed by atoms with Crippen molar-refractivity contribution in [2.45, 2.75) is 32.7 Å². The van der Waals surface area contributed by atoms with E-state index < -0.39 is 0 Å². The molecule has 2 aromatic rings. The van der Waals surface area contributed by atoms with Crippen LogP contribution >= 0.6 is 11.3 Å². The summed E-state index contributed by atoms with van der Waals surface area (Å²) in [5, 5.41) is 5.89. The lowest BCUT2D eigenvalue weighted by atomic mass is 10.1. The Hall–Kier alpha value is -2.02. The second kappa shape index (κ2) is 5.77. The number of hydrogen-bond acceptors (Lipinski definition) is 6. The van der Waals surface area contributed by atoms with E-state index in [4.69, 9.17) is 0 Å². The largest absolute Gasteiger partial charge is 0.334 e. The van der Waals surface area contributed by atoms with Crippen molar-refractivity contribution in [3.8, 4) is 0 Å². The predicted molar refractivity (Wildman–Crippen MR) is 81.5 cm³/mol. The van der Waals surface area contributed by atoms with Crippen LogP contribution in [0.2, 0.25) is 0 Å². The Morgan fingerprint density at radius 3 is 3.05 bits per heavy atom. The van der Waals surface area contributed by atoms with Gasteiger partial charge in [-0.15, -0.1) is 11.3 Å². The van der Waals surface area contributed by atoms with Gasteiger partial charge in [0.25, 0.3) is 0 Å². The van der Waals surface area contributed by atoms with Gasteiger partial charge in [0.2, 0.25) is 5.91 Å². The maximum absolute atomic E-state index is 11.7. The number of carbonyl (C=O) groups excluding carboxylic acids is 1. The molecule has 1 amide bonds. The molecule has 1 aliphatic rings. The smallest absolute Gasteiger partial charge is 0.220 e. The van der Waals surface area contributed by atoms with Crippen molar-refractivity contribution in [2.24, 2.45) is 0 Å². The fraction of sp³-hybridized carbons (Fsp3) is 0.429. The Bertz CT molecular complexity index is 643. The third-order valence-electron chi connectivity index (χ3n) is 3.52. The zero-order valence-corrected chi connectivity index (χ0v) is 12.9. The van der Waals surface area contributed by atoms with E-state index in [1.807, 2.05) is 23.3 Å². The molecule has 0 aliphatic carbocycles. The molecule has 0 bridgehead atoms. The molecule has 1 atom stereocenters. The molecule has 0 spiro atoms. The monoisotopic (exact) mass is 303 g/mol. The lowest BCUT2D eigenvalue weighted by Gasteiger charge is -2.23. The van der Waals surface area contributed by atoms with E-state index in [0.717, 1.165) is 36.0 Å². The number of rotatable bonds is 3. The molecule has 1 fully saturated rings. The summed E-state index contributed by atoms with van der Waals surface area (Å²) in [5.74, 6) is 1.52. The third kappa shape index (κ3) is 3.02. The summed E-state index contributed by atoms with van der Waals surface area (Å²) in [5.41, 5.74) is 0.897. The van der Waals surface area contributed by atoms with Gasteiger partial charge in [0.1, 0.15) is 11.6 Å². The SMILES string of the molecule is CC(=O)N1CCC[C@H]1c1cc(Nc2nccs2)nc(C)n1. The van der Waals surface area contributed by atoms with Gasteiger partial charge in [0, 0.05) is 31.1 Å². The van der Waals surface area contributed by atoms with Crippen LogP contribution in [0, 0.1) is 6.92 Å². The number of nitrogens with one attached hydrogen (secondary N) is 1. The molecule has 0 radical (unpaired) electrons. The molecular weight excluding hydrogens is 286 g/mol. The minimum atomic E-state index is 0.0565. The lowest BCUT2D eigenvalue weighted by molar-refractivity contribution is -0.129. The topological polar surface area (TPSA) is 71.0 Å². The van der Waals surface area contributed by atoms with Crippen molar-refractivity contribution >= 4 is 28.2 Å². The highest BCUT2D eigenvalue weighted by molar-refractivity contribution is 7.13. The number of hydrogen-bond donors (Lipinski definition) is 1. The van der Waals surface area contributed by atoms with Crippen LogP contribution in [-0.2, 0) is 4.79 Å². The molecule has 0 aromatic carbocycles. The number of aromatic nitrogens is 3. The summed E-state index contributed by atoms with van der Waals surface area (Å²) >= 11 is 1.52. The fourth-order valence-electron chi connectivity index (χ4n) is 2.67. The predicted octanol–water partition coefficient (Wildman–Crippen LogP) is 2.67. The van der Waals surface area contributed by atoms with Crippen LogP contribution in [0.3, 0.4) is 0 Å². The van der Waals surface area contributed by atoms with Crippen molar-refractivity contribution in [1.29, 1.82) is 0 Å². The first kappa shape index (κ1) is 13.9. The molecule has 3 rings (SSSR count). The van der Waals surface area contributed by atoms with Crippen LogP contribution in [0.25, 0.3) is 0 Å². The van der Waals surface area contributed by atoms with Crippen LogP contribution < -0.4 is 5.32 Å². The number of thiazole rings is 1. The molecule has 21 heavy (non-hydrogen) atoms. The first-order valence-electron chi connectivity index (χ1n) is 6.93. The van der Waals surface area contributed by atoms with Gasteiger partial charge in [-0.1, -0.05) is 0 Å². The molecular formula is C14H17N5OS. The van der Waals surface area contributed by atoms with E-state index in [9.17, 15) is 4.79 Å². The average molecular weight is 303 g/mol. The Balaban J connectivity index is 1.88. The summed E-state index contributed by atoms with van der Waals surface area (Å²) in [6.45, 7) is 4.28. The van der Waals surface area contributed by atoms with Gasteiger partial charge in [-0.3, -0.25) is 4.79 Å². The van der Waals surface area contributed by atoms with E-state index in [1.54, 1.807) is 13.1 Å². The Labute approximate surface area is 127 Å². The maximum Gasteiger partial charge on any atom is 0.220 e. The van der Waals surface area contributed by atoms with Crippen LogP contribution in [0.5, 0.6) is 0 Å². The molecule has 6 nitrogen and oxygen atoms in total. The van der Waals surface area contributed by atoms with Gasteiger partial charge in [0.15, 0.2) is 5.13 Å². The van der Waals surface area contributed by atoms with Crippen molar-refractivity contribution in [3.05, 3.63) is 29.2 Å². The molecule has 7 heteroatoms. The molecule has 110 valence electrons. The zero-order chi connectivity index (χ0) is 14.8. The van der Waals surface area contributed by atoms with Crippen molar-refractivity contribution in [3.63, 3.8) is 0 Å². The first-order valence-corrected chi connectivity index (χ1v) is 7.81. The van der Waals surface area contributed by atoms with Gasteiger partial charge < -0.3 is 10.2 Å². The Morgan fingerprint density at radius 1 is 1.48 bits per heavy atom. The van der Waals surface area contributed by atoms with Gasteiger partial charge in [-0.2, -0.15) is 0 Å². The fourth-order valence-corrected chi connectivity index (χ4v) is 3.21.